The molecule has 0 aromatic carbocycles. The van der Waals surface area contributed by atoms with E-state index in [-0.39, 0.29) is 18.2 Å². The van der Waals surface area contributed by atoms with Crippen molar-refractivity contribution in [2.45, 2.75) is 32.2 Å². The Labute approximate surface area is 72.0 Å². The number of rotatable bonds is 6. The van der Waals surface area contributed by atoms with Crippen LogP contribution in [0.1, 0.15) is 26.2 Å². The van der Waals surface area contributed by atoms with Crippen molar-refractivity contribution < 1.29 is 14.7 Å². The minimum Gasteiger partial charge on any atom is -0.481 e. The Morgan fingerprint density at radius 3 is 2.42 bits per heavy atom. The number of Topliss-reactive ketones (excluding diaryl/α,β-unsaturated/α-hetero) is 1. The highest BCUT2D eigenvalue weighted by atomic mass is 16.4. The minimum absolute atomic E-state index is 0.00130. The van der Waals surface area contributed by atoms with Crippen molar-refractivity contribution in [2.24, 2.45) is 0 Å². The number of carboxylic acids is 1. The van der Waals surface area contributed by atoms with Gasteiger partial charge in [-0.25, -0.2) is 0 Å². The first-order valence-electron chi connectivity index (χ1n) is 3.94. The Morgan fingerprint density at radius 1 is 1.50 bits per heavy atom. The van der Waals surface area contributed by atoms with E-state index >= 15 is 0 Å². The van der Waals surface area contributed by atoms with Gasteiger partial charge >= 0.3 is 5.97 Å². The van der Waals surface area contributed by atoms with Crippen LogP contribution in [0.2, 0.25) is 0 Å². The molecular weight excluding hydrogens is 158 g/mol. The molecule has 0 bridgehead atoms. The molecule has 0 amide bonds. The summed E-state index contributed by atoms with van der Waals surface area (Å²) in [5.74, 6) is -0.737. The minimum atomic E-state index is -0.821. The molecule has 0 unspecified atom stereocenters. The van der Waals surface area contributed by atoms with E-state index in [1.807, 2.05) is 0 Å². The van der Waals surface area contributed by atoms with Crippen molar-refractivity contribution in [1.82, 2.24) is 5.32 Å². The first-order chi connectivity index (χ1) is 5.56. The largest absolute Gasteiger partial charge is 0.481 e. The lowest BCUT2D eigenvalue weighted by Gasteiger charge is -2.12. The average molecular weight is 173 g/mol. The van der Waals surface area contributed by atoms with Gasteiger partial charge < -0.3 is 10.4 Å². The van der Waals surface area contributed by atoms with Crippen molar-refractivity contribution in [2.75, 3.05) is 7.05 Å². The molecule has 0 rings (SSSR count). The molecule has 0 radical (unpaired) electrons. The van der Waals surface area contributed by atoms with Crippen molar-refractivity contribution in [3.8, 4) is 0 Å². The highest BCUT2D eigenvalue weighted by Gasteiger charge is 2.10. The molecule has 0 saturated carbocycles. The number of hydrogen-bond acceptors (Lipinski definition) is 3. The van der Waals surface area contributed by atoms with E-state index in [9.17, 15) is 9.59 Å². The van der Waals surface area contributed by atoms with Gasteiger partial charge in [0.2, 0.25) is 0 Å². The number of nitrogens with one attached hydrogen (secondary N) is 1. The third-order valence-corrected chi connectivity index (χ3v) is 1.65. The molecule has 0 aliphatic carbocycles. The molecule has 4 heteroatoms. The molecule has 0 aromatic heterocycles. The number of carbonyl (C=O) groups excluding carboxylic acids is 1. The van der Waals surface area contributed by atoms with Gasteiger partial charge in [-0.2, -0.15) is 0 Å². The molecule has 0 spiro atoms. The molecule has 70 valence electrons. The fourth-order valence-electron chi connectivity index (χ4n) is 0.993. The SMILES string of the molecule is CN[C@@H](CCC(=O)O)CC(C)=O. The van der Waals surface area contributed by atoms with Crippen LogP contribution in [0.3, 0.4) is 0 Å². The van der Waals surface area contributed by atoms with Gasteiger partial charge in [-0.05, 0) is 20.4 Å². The van der Waals surface area contributed by atoms with Crippen LogP contribution in [0.25, 0.3) is 0 Å². The highest BCUT2D eigenvalue weighted by molar-refractivity contribution is 5.76. The van der Waals surface area contributed by atoms with Gasteiger partial charge in [0.15, 0.2) is 0 Å². The van der Waals surface area contributed by atoms with Gasteiger partial charge in [-0.3, -0.25) is 9.59 Å². The van der Waals surface area contributed by atoms with E-state index in [0.717, 1.165) is 0 Å². The second-order valence-electron chi connectivity index (χ2n) is 2.82. The van der Waals surface area contributed by atoms with Crippen molar-refractivity contribution in [3.63, 3.8) is 0 Å². The molecular formula is C8H15NO3. The van der Waals surface area contributed by atoms with E-state index in [2.05, 4.69) is 5.32 Å². The van der Waals surface area contributed by atoms with Crippen molar-refractivity contribution >= 4 is 11.8 Å². The predicted molar refractivity (Wildman–Crippen MR) is 45.0 cm³/mol. The number of ketones is 1. The summed E-state index contributed by atoms with van der Waals surface area (Å²) in [6.45, 7) is 1.51. The normalized spacial score (nSPS) is 12.5. The van der Waals surface area contributed by atoms with E-state index < -0.39 is 5.97 Å². The van der Waals surface area contributed by atoms with E-state index in [0.29, 0.717) is 12.8 Å². The van der Waals surface area contributed by atoms with Crippen molar-refractivity contribution in [1.29, 1.82) is 0 Å². The summed E-state index contributed by atoms with van der Waals surface area (Å²) in [6, 6.07) is -0.00130. The molecule has 1 atom stereocenters. The molecule has 0 fully saturated rings. The lowest BCUT2D eigenvalue weighted by Crippen LogP contribution is -2.28. The molecule has 12 heavy (non-hydrogen) atoms. The number of carboxylic acid groups (broad SMARTS) is 1. The van der Waals surface area contributed by atoms with Crippen LogP contribution in [0.15, 0.2) is 0 Å². The summed E-state index contributed by atoms with van der Waals surface area (Å²) >= 11 is 0. The molecule has 4 nitrogen and oxygen atoms in total. The Kier molecular flexibility index (Phi) is 5.28. The molecule has 2 N–H and O–H groups in total. The number of carbonyl (C=O) groups is 2. The van der Waals surface area contributed by atoms with E-state index in [4.69, 9.17) is 5.11 Å². The first-order valence-corrected chi connectivity index (χ1v) is 3.94. The average Bonchev–Trinajstić information content (AvgIpc) is 1.97. The Hall–Kier alpha value is -0.900. The van der Waals surface area contributed by atoms with Gasteiger partial charge in [-0.15, -0.1) is 0 Å². The summed E-state index contributed by atoms with van der Waals surface area (Å²) in [6.07, 6.45) is 1.02. The quantitative estimate of drug-likeness (QED) is 0.610. The van der Waals surface area contributed by atoms with E-state index in [1.54, 1.807) is 7.05 Å². The fourth-order valence-corrected chi connectivity index (χ4v) is 0.993. The molecule has 0 saturated heterocycles. The van der Waals surface area contributed by atoms with Crippen molar-refractivity contribution in [3.05, 3.63) is 0 Å². The van der Waals surface area contributed by atoms with Gasteiger partial charge in [0, 0.05) is 18.9 Å². The van der Waals surface area contributed by atoms with Crippen LogP contribution in [0.5, 0.6) is 0 Å². The predicted octanol–water partition coefficient (Wildman–Crippen LogP) is 0.418. The van der Waals surface area contributed by atoms with Gasteiger partial charge in [-0.1, -0.05) is 0 Å². The van der Waals surface area contributed by atoms with Crippen LogP contribution in [0, 0.1) is 0 Å². The lowest BCUT2D eigenvalue weighted by atomic mass is 10.1. The first kappa shape index (κ1) is 11.1. The molecule has 0 aromatic rings. The number of hydrogen-bond donors (Lipinski definition) is 2. The Bertz CT molecular complexity index is 168. The molecule has 0 heterocycles. The topological polar surface area (TPSA) is 66.4 Å². The smallest absolute Gasteiger partial charge is 0.303 e. The zero-order chi connectivity index (χ0) is 9.56. The van der Waals surface area contributed by atoms with Crippen LogP contribution in [-0.4, -0.2) is 29.9 Å². The maximum Gasteiger partial charge on any atom is 0.303 e. The maximum atomic E-state index is 10.7. The van der Waals surface area contributed by atoms with Gasteiger partial charge in [0.1, 0.15) is 5.78 Å². The zero-order valence-electron chi connectivity index (χ0n) is 7.46. The number of aliphatic carboxylic acids is 1. The summed E-state index contributed by atoms with van der Waals surface area (Å²) in [5, 5.41) is 11.3. The molecule has 0 aliphatic rings. The van der Waals surface area contributed by atoms with Crippen LogP contribution in [-0.2, 0) is 9.59 Å². The Balaban J connectivity index is 3.67. The standard InChI is InChI=1S/C8H15NO3/c1-6(10)5-7(9-2)3-4-8(11)12/h7,9H,3-5H2,1-2H3,(H,11,12)/t7-/m0/s1. The second-order valence-corrected chi connectivity index (χ2v) is 2.82. The van der Waals surface area contributed by atoms with Crippen LogP contribution in [0.4, 0.5) is 0 Å². The lowest BCUT2D eigenvalue weighted by molar-refractivity contribution is -0.137. The fraction of sp³-hybridized carbons (Fsp3) is 0.750. The second kappa shape index (κ2) is 5.71. The third kappa shape index (κ3) is 5.85. The summed E-state index contributed by atoms with van der Waals surface area (Å²) in [4.78, 5) is 20.9. The van der Waals surface area contributed by atoms with Crippen LogP contribution >= 0.6 is 0 Å². The maximum absolute atomic E-state index is 10.7. The molecule has 0 aliphatic heterocycles. The Morgan fingerprint density at radius 2 is 2.08 bits per heavy atom. The highest BCUT2D eigenvalue weighted by Crippen LogP contribution is 2.01. The zero-order valence-corrected chi connectivity index (χ0v) is 7.46. The van der Waals surface area contributed by atoms with E-state index in [1.165, 1.54) is 6.92 Å². The third-order valence-electron chi connectivity index (χ3n) is 1.65. The van der Waals surface area contributed by atoms with Crippen LogP contribution < -0.4 is 5.32 Å². The monoisotopic (exact) mass is 173 g/mol. The van der Waals surface area contributed by atoms with Gasteiger partial charge in [0.25, 0.3) is 0 Å². The summed E-state index contributed by atoms with van der Waals surface area (Å²) < 4.78 is 0. The summed E-state index contributed by atoms with van der Waals surface area (Å²) in [7, 11) is 1.73. The summed E-state index contributed by atoms with van der Waals surface area (Å²) in [5.41, 5.74) is 0. The van der Waals surface area contributed by atoms with Gasteiger partial charge in [0.05, 0.1) is 0 Å².